The number of rotatable bonds is 3. The second-order valence-corrected chi connectivity index (χ2v) is 6.56. The molecule has 4 atom stereocenters. The fourth-order valence-corrected chi connectivity index (χ4v) is 4.30. The Balaban J connectivity index is 1.95. The minimum absolute atomic E-state index is 0.200. The molecule has 2 fully saturated rings. The van der Waals surface area contributed by atoms with Crippen molar-refractivity contribution in [2.75, 3.05) is 7.05 Å². The molecule has 0 aliphatic carbocycles. The van der Waals surface area contributed by atoms with Gasteiger partial charge in [0.05, 0.1) is 0 Å². The molecule has 2 heteroatoms. The Morgan fingerprint density at radius 2 is 1.95 bits per heavy atom. The van der Waals surface area contributed by atoms with E-state index < -0.39 is 0 Å². The van der Waals surface area contributed by atoms with Crippen LogP contribution in [0.4, 0.5) is 0 Å². The molecule has 108 valence electrons. The number of piperidine rings is 1. The number of fused-ring (bicyclic) bond motifs is 2. The predicted octanol–water partition coefficient (Wildman–Crippen LogP) is 3.54. The Morgan fingerprint density at radius 1 is 1.25 bits per heavy atom. The largest absolute Gasteiger partial charge is 0.300 e. The number of hydrogen-bond donors (Lipinski definition) is 0. The summed E-state index contributed by atoms with van der Waals surface area (Å²) in [6, 6.07) is 9.98. The first kappa shape index (κ1) is 13.8. The van der Waals surface area contributed by atoms with Gasteiger partial charge < -0.3 is 0 Å². The number of ketones is 1. The van der Waals surface area contributed by atoms with Crippen LogP contribution in [0.2, 0.25) is 0 Å². The lowest BCUT2D eigenvalue weighted by Gasteiger charge is -2.42. The molecule has 2 bridgehead atoms. The molecule has 2 nitrogen and oxygen atoms in total. The van der Waals surface area contributed by atoms with Crippen LogP contribution in [0.15, 0.2) is 24.3 Å². The van der Waals surface area contributed by atoms with Crippen LogP contribution in [0.5, 0.6) is 0 Å². The maximum absolute atomic E-state index is 12.5. The van der Waals surface area contributed by atoms with Crippen molar-refractivity contribution < 1.29 is 4.79 Å². The summed E-state index contributed by atoms with van der Waals surface area (Å²) < 4.78 is 0. The molecule has 2 heterocycles. The van der Waals surface area contributed by atoms with Gasteiger partial charge in [0.25, 0.3) is 0 Å². The summed E-state index contributed by atoms with van der Waals surface area (Å²) in [5.41, 5.74) is 2.66. The van der Waals surface area contributed by atoms with Crippen molar-refractivity contribution in [1.29, 1.82) is 0 Å². The maximum atomic E-state index is 12.5. The molecule has 1 aromatic carbocycles. The highest BCUT2D eigenvalue weighted by molar-refractivity contribution is 5.82. The van der Waals surface area contributed by atoms with Crippen LogP contribution in [0, 0.1) is 12.8 Å². The molecule has 0 N–H and O–H groups in total. The third kappa shape index (κ3) is 2.20. The topological polar surface area (TPSA) is 20.3 Å². The van der Waals surface area contributed by atoms with Gasteiger partial charge in [-0.05, 0) is 44.7 Å². The molecule has 2 unspecified atom stereocenters. The summed E-state index contributed by atoms with van der Waals surface area (Å²) >= 11 is 0. The van der Waals surface area contributed by atoms with Crippen molar-refractivity contribution in [3.8, 4) is 0 Å². The Morgan fingerprint density at radius 3 is 2.60 bits per heavy atom. The average molecular weight is 271 g/mol. The first-order valence-corrected chi connectivity index (χ1v) is 7.93. The van der Waals surface area contributed by atoms with Gasteiger partial charge >= 0.3 is 0 Å². The minimum Gasteiger partial charge on any atom is -0.300 e. The van der Waals surface area contributed by atoms with Gasteiger partial charge in [-0.25, -0.2) is 0 Å². The fourth-order valence-electron chi connectivity index (χ4n) is 4.30. The Hall–Kier alpha value is -1.15. The molecule has 3 rings (SSSR count). The van der Waals surface area contributed by atoms with Crippen molar-refractivity contribution in [2.45, 2.75) is 57.5 Å². The molecule has 0 aromatic heterocycles. The Bertz CT molecular complexity index is 493. The van der Waals surface area contributed by atoms with Crippen LogP contribution >= 0.6 is 0 Å². The van der Waals surface area contributed by atoms with Gasteiger partial charge in [0, 0.05) is 24.4 Å². The smallest absolute Gasteiger partial charge is 0.137 e. The maximum Gasteiger partial charge on any atom is 0.137 e. The molecule has 0 radical (unpaired) electrons. The number of Topliss-reactive ketones (excluding diaryl/α,β-unsaturated/α-hetero) is 1. The molecule has 2 aliphatic heterocycles. The van der Waals surface area contributed by atoms with E-state index in [2.05, 4.69) is 43.1 Å². The van der Waals surface area contributed by atoms with Crippen molar-refractivity contribution in [1.82, 2.24) is 4.90 Å². The van der Waals surface area contributed by atoms with Crippen LogP contribution in [-0.2, 0) is 4.79 Å². The highest BCUT2D eigenvalue weighted by Gasteiger charge is 2.48. The molecule has 0 saturated carbocycles. The van der Waals surface area contributed by atoms with Gasteiger partial charge in [-0.1, -0.05) is 36.8 Å². The zero-order valence-electron chi connectivity index (χ0n) is 12.8. The first-order chi connectivity index (χ1) is 9.61. The highest BCUT2D eigenvalue weighted by atomic mass is 16.1. The van der Waals surface area contributed by atoms with E-state index in [4.69, 9.17) is 0 Å². The number of benzene rings is 1. The summed E-state index contributed by atoms with van der Waals surface area (Å²) in [6.45, 7) is 4.13. The van der Waals surface area contributed by atoms with E-state index in [1.807, 2.05) is 6.92 Å². The quantitative estimate of drug-likeness (QED) is 0.838. The second-order valence-electron chi connectivity index (χ2n) is 6.56. The summed E-state index contributed by atoms with van der Waals surface area (Å²) in [5.74, 6) is 1.08. The normalized spacial score (nSPS) is 33.4. The molecular formula is C18H25NO. The third-order valence-corrected chi connectivity index (χ3v) is 5.49. The Kier molecular flexibility index (Phi) is 3.68. The van der Waals surface area contributed by atoms with E-state index >= 15 is 0 Å². The molecule has 2 aliphatic rings. The van der Waals surface area contributed by atoms with Gasteiger partial charge in [0.1, 0.15) is 5.78 Å². The van der Waals surface area contributed by atoms with Crippen molar-refractivity contribution in [3.63, 3.8) is 0 Å². The lowest BCUT2D eigenvalue weighted by molar-refractivity contribution is -0.126. The van der Waals surface area contributed by atoms with Crippen LogP contribution in [0.25, 0.3) is 0 Å². The Labute approximate surface area is 122 Å². The van der Waals surface area contributed by atoms with E-state index in [1.54, 1.807) is 0 Å². The third-order valence-electron chi connectivity index (χ3n) is 5.49. The van der Waals surface area contributed by atoms with Gasteiger partial charge in [-0.3, -0.25) is 9.69 Å². The van der Waals surface area contributed by atoms with Crippen LogP contribution < -0.4 is 0 Å². The summed E-state index contributed by atoms with van der Waals surface area (Å²) in [6.07, 6.45) is 4.27. The molecule has 20 heavy (non-hydrogen) atoms. The number of carbonyl (C=O) groups excluding carboxylic acids is 1. The highest BCUT2D eigenvalue weighted by Crippen LogP contribution is 2.46. The van der Waals surface area contributed by atoms with Gasteiger partial charge in [-0.15, -0.1) is 0 Å². The zero-order valence-corrected chi connectivity index (χ0v) is 12.8. The van der Waals surface area contributed by atoms with Crippen LogP contribution in [0.1, 0.15) is 49.7 Å². The number of nitrogens with zero attached hydrogens (tertiary/aromatic N) is 1. The molecule has 0 amide bonds. The van der Waals surface area contributed by atoms with E-state index in [0.29, 0.717) is 30.2 Å². The summed E-state index contributed by atoms with van der Waals surface area (Å²) in [5, 5.41) is 0. The lowest BCUT2D eigenvalue weighted by Crippen LogP contribution is -2.48. The number of hydrogen-bond acceptors (Lipinski definition) is 2. The second kappa shape index (κ2) is 5.33. The standard InChI is InChI=1S/C18H25NO/c1-4-17(20)18-15(13-7-5-12(2)6-8-13)11-14-9-10-16(18)19(14)3/h5-8,14-16,18H,4,9-11H2,1-3H3/t14-,15?,16+,18?/m0/s1. The number of aryl methyl sites for hydroxylation is 1. The summed E-state index contributed by atoms with van der Waals surface area (Å²) in [4.78, 5) is 15.0. The zero-order chi connectivity index (χ0) is 14.3. The molecular weight excluding hydrogens is 246 g/mol. The average Bonchev–Trinajstić information content (AvgIpc) is 2.70. The van der Waals surface area contributed by atoms with Crippen molar-refractivity contribution in [3.05, 3.63) is 35.4 Å². The predicted molar refractivity (Wildman–Crippen MR) is 81.9 cm³/mol. The van der Waals surface area contributed by atoms with Crippen molar-refractivity contribution >= 4 is 5.78 Å². The van der Waals surface area contributed by atoms with E-state index in [-0.39, 0.29) is 5.92 Å². The van der Waals surface area contributed by atoms with E-state index in [1.165, 1.54) is 24.0 Å². The molecule has 2 saturated heterocycles. The van der Waals surface area contributed by atoms with Crippen LogP contribution in [-0.4, -0.2) is 29.8 Å². The first-order valence-electron chi connectivity index (χ1n) is 7.93. The monoisotopic (exact) mass is 271 g/mol. The van der Waals surface area contributed by atoms with E-state index in [0.717, 1.165) is 6.42 Å². The van der Waals surface area contributed by atoms with Gasteiger partial charge in [-0.2, -0.15) is 0 Å². The number of carbonyl (C=O) groups is 1. The van der Waals surface area contributed by atoms with Crippen LogP contribution in [0.3, 0.4) is 0 Å². The SMILES string of the molecule is CCC(=O)C1C(c2ccc(C)cc2)C[C@@H]2CC[C@H]1N2C. The minimum atomic E-state index is 0.200. The molecule has 1 aromatic rings. The van der Waals surface area contributed by atoms with Crippen molar-refractivity contribution in [2.24, 2.45) is 5.92 Å². The lowest BCUT2D eigenvalue weighted by atomic mass is 9.73. The fraction of sp³-hybridized carbons (Fsp3) is 0.611. The molecule has 0 spiro atoms. The van der Waals surface area contributed by atoms with Gasteiger partial charge in [0.15, 0.2) is 0 Å². The van der Waals surface area contributed by atoms with Gasteiger partial charge in [0.2, 0.25) is 0 Å². The summed E-state index contributed by atoms with van der Waals surface area (Å²) in [7, 11) is 2.21. The van der Waals surface area contributed by atoms with E-state index in [9.17, 15) is 4.79 Å².